The highest BCUT2D eigenvalue weighted by molar-refractivity contribution is 6.32. The van der Waals surface area contributed by atoms with Gasteiger partial charge in [-0.15, -0.1) is 0 Å². The van der Waals surface area contributed by atoms with Crippen molar-refractivity contribution >= 4 is 23.2 Å². The molecular formula is C23H24ClN3O3. The summed E-state index contributed by atoms with van der Waals surface area (Å²) in [5, 5.41) is 13.7. The largest absolute Gasteiger partial charge is 0.439 e. The van der Waals surface area contributed by atoms with Gasteiger partial charge in [0, 0.05) is 24.0 Å². The third-order valence-electron chi connectivity index (χ3n) is 5.37. The minimum Gasteiger partial charge on any atom is -0.439 e. The molecule has 1 saturated carbocycles. The predicted molar refractivity (Wildman–Crippen MR) is 118 cm³/mol. The maximum absolute atomic E-state index is 12.0. The topological polar surface area (TPSA) is 89.5 Å². The van der Waals surface area contributed by atoms with E-state index in [1.54, 1.807) is 18.2 Å². The Morgan fingerprint density at radius 3 is 2.60 bits per heavy atom. The van der Waals surface area contributed by atoms with Crippen molar-refractivity contribution in [2.24, 2.45) is 5.73 Å². The molecule has 0 spiro atoms. The SMILES string of the molecule is NC(=O)c1ccc(-n2cccc2Oc2ccccc2Cl)cc1NC1CCC(O)CC1. The summed E-state index contributed by atoms with van der Waals surface area (Å²) in [5.41, 5.74) is 7.53. The highest BCUT2D eigenvalue weighted by Crippen LogP contribution is 2.32. The molecule has 0 bridgehead atoms. The van der Waals surface area contributed by atoms with Gasteiger partial charge in [-0.05, 0) is 62.1 Å². The van der Waals surface area contributed by atoms with Crippen molar-refractivity contribution in [3.8, 4) is 17.3 Å². The predicted octanol–water partition coefficient (Wildman–Crippen LogP) is 4.74. The van der Waals surface area contributed by atoms with Gasteiger partial charge in [-0.2, -0.15) is 0 Å². The van der Waals surface area contributed by atoms with Crippen LogP contribution in [0.3, 0.4) is 0 Å². The number of primary amides is 1. The summed E-state index contributed by atoms with van der Waals surface area (Å²) in [4.78, 5) is 12.0. The van der Waals surface area contributed by atoms with Crippen LogP contribution in [0.1, 0.15) is 36.0 Å². The summed E-state index contributed by atoms with van der Waals surface area (Å²) in [7, 11) is 0. The Labute approximate surface area is 180 Å². The molecule has 30 heavy (non-hydrogen) atoms. The molecule has 156 valence electrons. The number of rotatable bonds is 6. The second-order valence-corrected chi connectivity index (χ2v) is 7.90. The second-order valence-electron chi connectivity index (χ2n) is 7.49. The number of anilines is 1. The summed E-state index contributed by atoms with van der Waals surface area (Å²) in [6.07, 6.45) is 4.82. The Kier molecular flexibility index (Phi) is 5.97. The minimum absolute atomic E-state index is 0.185. The van der Waals surface area contributed by atoms with Crippen LogP contribution in [-0.4, -0.2) is 27.7 Å². The van der Waals surface area contributed by atoms with Gasteiger partial charge in [-0.3, -0.25) is 9.36 Å². The van der Waals surface area contributed by atoms with E-state index < -0.39 is 5.91 Å². The van der Waals surface area contributed by atoms with Crippen LogP contribution in [0, 0.1) is 0 Å². The lowest BCUT2D eigenvalue weighted by molar-refractivity contribution is 0.100. The van der Waals surface area contributed by atoms with Crippen LogP contribution < -0.4 is 15.8 Å². The number of carbonyl (C=O) groups excluding carboxylic acids is 1. The molecule has 1 aliphatic rings. The third kappa shape index (κ3) is 4.45. The summed E-state index contributed by atoms with van der Waals surface area (Å²) in [6, 6.07) is 16.6. The molecule has 4 rings (SSSR count). The lowest BCUT2D eigenvalue weighted by Crippen LogP contribution is -2.29. The van der Waals surface area contributed by atoms with E-state index >= 15 is 0 Å². The van der Waals surface area contributed by atoms with Gasteiger partial charge in [0.1, 0.15) is 5.75 Å². The second kappa shape index (κ2) is 8.81. The van der Waals surface area contributed by atoms with Crippen LogP contribution in [0.2, 0.25) is 5.02 Å². The van der Waals surface area contributed by atoms with Gasteiger partial charge >= 0.3 is 0 Å². The zero-order valence-corrected chi connectivity index (χ0v) is 17.2. The first-order valence-electron chi connectivity index (χ1n) is 10.00. The fraction of sp³-hybridized carbons (Fsp3) is 0.261. The van der Waals surface area contributed by atoms with E-state index in [2.05, 4.69) is 5.32 Å². The molecular weight excluding hydrogens is 402 g/mol. The van der Waals surface area contributed by atoms with Crippen molar-refractivity contribution in [2.75, 3.05) is 5.32 Å². The van der Waals surface area contributed by atoms with E-state index in [0.29, 0.717) is 27.9 Å². The van der Waals surface area contributed by atoms with Gasteiger partial charge in [0.2, 0.25) is 5.88 Å². The van der Waals surface area contributed by atoms with Crippen molar-refractivity contribution in [3.63, 3.8) is 0 Å². The molecule has 7 heteroatoms. The first kappa shape index (κ1) is 20.3. The van der Waals surface area contributed by atoms with Gasteiger partial charge in [-0.1, -0.05) is 23.7 Å². The molecule has 1 fully saturated rings. The van der Waals surface area contributed by atoms with Gasteiger partial charge < -0.3 is 20.9 Å². The molecule has 4 N–H and O–H groups in total. The average molecular weight is 426 g/mol. The molecule has 1 aromatic heterocycles. The first-order chi connectivity index (χ1) is 14.5. The fourth-order valence-electron chi connectivity index (χ4n) is 3.76. The number of hydrogen-bond acceptors (Lipinski definition) is 4. The summed E-state index contributed by atoms with van der Waals surface area (Å²) in [5.74, 6) is 0.675. The lowest BCUT2D eigenvalue weighted by atomic mass is 9.92. The zero-order valence-electron chi connectivity index (χ0n) is 16.4. The average Bonchev–Trinajstić information content (AvgIpc) is 3.19. The summed E-state index contributed by atoms with van der Waals surface area (Å²) < 4.78 is 7.88. The molecule has 2 aromatic carbocycles. The maximum Gasteiger partial charge on any atom is 0.250 e. The number of aliphatic hydroxyl groups is 1. The van der Waals surface area contributed by atoms with Crippen LogP contribution in [0.4, 0.5) is 5.69 Å². The number of nitrogens with two attached hydrogens (primary N) is 1. The number of amides is 1. The van der Waals surface area contributed by atoms with E-state index in [-0.39, 0.29) is 12.1 Å². The van der Waals surface area contributed by atoms with Gasteiger partial charge in [0.05, 0.1) is 22.4 Å². The highest BCUT2D eigenvalue weighted by atomic mass is 35.5. The standard InChI is InChI=1S/C23H24ClN3O3/c24-19-4-1-2-5-21(19)30-22-6-3-13-27(22)16-9-12-18(23(25)29)20(14-16)26-15-7-10-17(28)11-8-15/h1-6,9,12-15,17,26,28H,7-8,10-11H2,(H2,25,29). The van der Waals surface area contributed by atoms with Crippen molar-refractivity contribution in [1.82, 2.24) is 4.57 Å². The number of aromatic nitrogens is 1. The number of nitrogens with zero attached hydrogens (tertiary/aromatic N) is 1. The number of hydrogen-bond donors (Lipinski definition) is 3. The Hall–Kier alpha value is -2.96. The highest BCUT2D eigenvalue weighted by Gasteiger charge is 2.21. The molecule has 1 heterocycles. The Morgan fingerprint density at radius 1 is 1.10 bits per heavy atom. The van der Waals surface area contributed by atoms with Crippen LogP contribution in [0.15, 0.2) is 60.8 Å². The van der Waals surface area contributed by atoms with Gasteiger partial charge in [0.25, 0.3) is 5.91 Å². The van der Waals surface area contributed by atoms with Crippen LogP contribution >= 0.6 is 11.6 Å². The molecule has 0 atom stereocenters. The Balaban J connectivity index is 1.63. The fourth-order valence-corrected chi connectivity index (χ4v) is 3.93. The van der Waals surface area contributed by atoms with Crippen molar-refractivity contribution < 1.29 is 14.6 Å². The molecule has 6 nitrogen and oxygen atoms in total. The van der Waals surface area contributed by atoms with Crippen LogP contribution in [-0.2, 0) is 0 Å². The zero-order chi connectivity index (χ0) is 21.1. The number of carbonyl (C=O) groups is 1. The first-order valence-corrected chi connectivity index (χ1v) is 10.4. The van der Waals surface area contributed by atoms with E-state index in [4.69, 9.17) is 22.1 Å². The van der Waals surface area contributed by atoms with E-state index in [1.807, 2.05) is 47.2 Å². The van der Waals surface area contributed by atoms with Crippen LogP contribution in [0.5, 0.6) is 11.6 Å². The van der Waals surface area contributed by atoms with Crippen LogP contribution in [0.25, 0.3) is 5.69 Å². The number of aliphatic hydroxyl groups excluding tert-OH is 1. The monoisotopic (exact) mass is 425 g/mol. The Bertz CT molecular complexity index is 1040. The van der Waals surface area contributed by atoms with Crippen molar-refractivity contribution in [1.29, 1.82) is 0 Å². The smallest absolute Gasteiger partial charge is 0.250 e. The number of ether oxygens (including phenoxy) is 1. The van der Waals surface area contributed by atoms with E-state index in [1.165, 1.54) is 0 Å². The minimum atomic E-state index is -0.486. The molecule has 1 amide bonds. The molecule has 0 saturated heterocycles. The van der Waals surface area contributed by atoms with Gasteiger partial charge in [0.15, 0.2) is 0 Å². The van der Waals surface area contributed by atoms with Gasteiger partial charge in [-0.25, -0.2) is 0 Å². The maximum atomic E-state index is 12.0. The molecule has 3 aromatic rings. The van der Waals surface area contributed by atoms with E-state index in [0.717, 1.165) is 31.4 Å². The summed E-state index contributed by atoms with van der Waals surface area (Å²) in [6.45, 7) is 0. The molecule has 0 aliphatic heterocycles. The van der Waals surface area contributed by atoms with Crippen molar-refractivity contribution in [3.05, 3.63) is 71.4 Å². The number of benzene rings is 2. The Morgan fingerprint density at radius 2 is 1.87 bits per heavy atom. The normalized spacial score (nSPS) is 18.7. The summed E-state index contributed by atoms with van der Waals surface area (Å²) >= 11 is 6.23. The lowest BCUT2D eigenvalue weighted by Gasteiger charge is -2.28. The van der Waals surface area contributed by atoms with E-state index in [9.17, 15) is 9.90 Å². The third-order valence-corrected chi connectivity index (χ3v) is 5.68. The molecule has 0 unspecified atom stereocenters. The number of halogens is 1. The quantitative estimate of drug-likeness (QED) is 0.532. The van der Waals surface area contributed by atoms with Crippen molar-refractivity contribution in [2.45, 2.75) is 37.8 Å². The number of nitrogens with one attached hydrogen (secondary N) is 1. The molecule has 0 radical (unpaired) electrons. The molecule has 1 aliphatic carbocycles. The number of para-hydroxylation sites is 1.